The molecule has 1 heterocycles. The summed E-state index contributed by atoms with van der Waals surface area (Å²) in [6.45, 7) is 0.198. The van der Waals surface area contributed by atoms with E-state index in [0.717, 1.165) is 9.35 Å². The molecule has 0 bridgehead atoms. The summed E-state index contributed by atoms with van der Waals surface area (Å²) in [6.07, 6.45) is 0. The first kappa shape index (κ1) is 15.3. The Morgan fingerprint density at radius 1 is 1.26 bits per heavy atom. The number of nitrogens with one attached hydrogen (secondary N) is 1. The molecule has 0 aliphatic heterocycles. The van der Waals surface area contributed by atoms with Crippen LogP contribution < -0.4 is 4.72 Å². The molecule has 102 valence electrons. The van der Waals surface area contributed by atoms with Gasteiger partial charge in [-0.25, -0.2) is 13.1 Å². The summed E-state index contributed by atoms with van der Waals surface area (Å²) in [7, 11) is -3.69. The Morgan fingerprint density at radius 3 is 2.63 bits per heavy atom. The van der Waals surface area contributed by atoms with E-state index >= 15 is 0 Å². The number of hydrogen-bond donors (Lipinski definition) is 1. The van der Waals surface area contributed by atoms with E-state index in [1.54, 1.807) is 6.07 Å². The minimum absolute atomic E-state index is 0.0191. The highest BCUT2D eigenvalue weighted by atomic mass is 79.9. The third-order valence-corrected chi connectivity index (χ3v) is 6.34. The Hall–Kier alpha value is -0.110. The summed E-state index contributed by atoms with van der Waals surface area (Å²) in [5, 5.41) is 2.34. The lowest BCUT2D eigenvalue weighted by atomic mass is 10.4. The second kappa shape index (κ2) is 6.11. The molecule has 3 nitrogen and oxygen atoms in total. The van der Waals surface area contributed by atoms with Gasteiger partial charge in [0, 0.05) is 20.9 Å². The SMILES string of the molecule is O=S(=O)(NCc1sccc1Br)c1cc(Cl)ccc1Cl. The molecular weight excluding hydrogens is 393 g/mol. The van der Waals surface area contributed by atoms with Crippen LogP contribution in [0.2, 0.25) is 10.0 Å². The van der Waals surface area contributed by atoms with E-state index in [2.05, 4.69) is 20.7 Å². The number of hydrogen-bond acceptors (Lipinski definition) is 3. The van der Waals surface area contributed by atoms with E-state index < -0.39 is 10.0 Å². The number of halogens is 3. The lowest BCUT2D eigenvalue weighted by molar-refractivity contribution is 0.582. The average Bonchev–Trinajstić information content (AvgIpc) is 2.75. The third kappa shape index (κ3) is 3.71. The number of thiophene rings is 1. The normalized spacial score (nSPS) is 11.7. The molecule has 1 N–H and O–H groups in total. The van der Waals surface area contributed by atoms with Crippen molar-refractivity contribution in [1.29, 1.82) is 0 Å². The van der Waals surface area contributed by atoms with Gasteiger partial charge in [0.05, 0.1) is 5.02 Å². The minimum atomic E-state index is -3.69. The molecule has 0 unspecified atom stereocenters. The quantitative estimate of drug-likeness (QED) is 0.831. The molecule has 0 aliphatic carbocycles. The molecular formula is C11H8BrCl2NO2S2. The molecule has 19 heavy (non-hydrogen) atoms. The van der Waals surface area contributed by atoms with Gasteiger partial charge in [-0.3, -0.25) is 0 Å². The molecule has 0 amide bonds. The largest absolute Gasteiger partial charge is 0.242 e. The smallest absolute Gasteiger partial charge is 0.207 e. The van der Waals surface area contributed by atoms with Gasteiger partial charge in [-0.05, 0) is 45.6 Å². The van der Waals surface area contributed by atoms with Gasteiger partial charge in [-0.1, -0.05) is 23.2 Å². The molecule has 0 atom stereocenters. The monoisotopic (exact) mass is 399 g/mol. The Kier molecular flexibility index (Phi) is 4.92. The Morgan fingerprint density at radius 2 is 2.00 bits per heavy atom. The Labute approximate surface area is 133 Å². The molecule has 0 radical (unpaired) electrons. The summed E-state index contributed by atoms with van der Waals surface area (Å²) >= 11 is 16.5. The maximum Gasteiger partial charge on any atom is 0.242 e. The van der Waals surface area contributed by atoms with Crippen molar-refractivity contribution in [2.45, 2.75) is 11.4 Å². The van der Waals surface area contributed by atoms with E-state index in [1.807, 2.05) is 11.4 Å². The fraction of sp³-hybridized carbons (Fsp3) is 0.0909. The van der Waals surface area contributed by atoms with E-state index in [0.29, 0.717) is 5.02 Å². The number of rotatable bonds is 4. The van der Waals surface area contributed by atoms with Crippen LogP contribution in [-0.4, -0.2) is 8.42 Å². The van der Waals surface area contributed by atoms with Gasteiger partial charge in [0.2, 0.25) is 10.0 Å². The van der Waals surface area contributed by atoms with E-state index in [9.17, 15) is 8.42 Å². The first-order chi connectivity index (χ1) is 8.90. The standard InChI is InChI=1S/C11H8BrCl2NO2S2/c12-8-3-4-18-10(8)6-15-19(16,17)11-5-7(13)1-2-9(11)14/h1-5,15H,6H2. The van der Waals surface area contributed by atoms with Crippen molar-refractivity contribution >= 4 is 60.5 Å². The van der Waals surface area contributed by atoms with Crippen molar-refractivity contribution < 1.29 is 8.42 Å². The molecule has 2 aromatic rings. The van der Waals surface area contributed by atoms with Gasteiger partial charge < -0.3 is 0 Å². The summed E-state index contributed by atoms with van der Waals surface area (Å²) in [5.41, 5.74) is 0. The van der Waals surface area contributed by atoms with Gasteiger partial charge in [-0.15, -0.1) is 11.3 Å². The van der Waals surface area contributed by atoms with Crippen LogP contribution in [0.25, 0.3) is 0 Å². The maximum absolute atomic E-state index is 12.1. The van der Waals surface area contributed by atoms with Crippen LogP contribution in [0.3, 0.4) is 0 Å². The first-order valence-corrected chi connectivity index (χ1v) is 8.98. The molecule has 0 spiro atoms. The van der Waals surface area contributed by atoms with E-state index in [1.165, 1.54) is 23.5 Å². The highest BCUT2D eigenvalue weighted by molar-refractivity contribution is 9.10. The van der Waals surface area contributed by atoms with Crippen molar-refractivity contribution in [2.75, 3.05) is 0 Å². The summed E-state index contributed by atoms with van der Waals surface area (Å²) in [4.78, 5) is 0.871. The highest BCUT2D eigenvalue weighted by Crippen LogP contribution is 2.26. The lowest BCUT2D eigenvalue weighted by Gasteiger charge is -2.08. The average molecular weight is 401 g/mol. The molecule has 1 aromatic carbocycles. The molecule has 0 fully saturated rings. The van der Waals surface area contributed by atoms with Crippen molar-refractivity contribution in [3.05, 3.63) is 49.0 Å². The molecule has 0 saturated heterocycles. The van der Waals surface area contributed by atoms with Crippen LogP contribution in [0.1, 0.15) is 4.88 Å². The van der Waals surface area contributed by atoms with Gasteiger partial charge in [0.15, 0.2) is 0 Å². The van der Waals surface area contributed by atoms with Crippen LogP contribution in [0.5, 0.6) is 0 Å². The molecule has 1 aromatic heterocycles. The highest BCUT2D eigenvalue weighted by Gasteiger charge is 2.18. The Bertz CT molecular complexity index is 700. The van der Waals surface area contributed by atoms with Crippen molar-refractivity contribution in [3.8, 4) is 0 Å². The first-order valence-electron chi connectivity index (χ1n) is 5.07. The van der Waals surface area contributed by atoms with Crippen molar-refractivity contribution in [3.63, 3.8) is 0 Å². The van der Waals surface area contributed by atoms with Gasteiger partial charge >= 0.3 is 0 Å². The van der Waals surface area contributed by atoms with Gasteiger partial charge in [0.1, 0.15) is 4.90 Å². The van der Waals surface area contributed by atoms with Crippen molar-refractivity contribution in [1.82, 2.24) is 4.72 Å². The predicted octanol–water partition coefficient (Wildman–Crippen LogP) is 4.30. The van der Waals surface area contributed by atoms with E-state index in [-0.39, 0.29) is 16.5 Å². The minimum Gasteiger partial charge on any atom is -0.207 e. The Balaban J connectivity index is 2.23. The van der Waals surface area contributed by atoms with Crippen LogP contribution >= 0.6 is 50.5 Å². The van der Waals surface area contributed by atoms with Crippen LogP contribution in [0.15, 0.2) is 39.0 Å². The summed E-state index contributed by atoms with van der Waals surface area (Å²) in [6, 6.07) is 6.19. The lowest BCUT2D eigenvalue weighted by Crippen LogP contribution is -2.23. The van der Waals surface area contributed by atoms with Gasteiger partial charge in [-0.2, -0.15) is 0 Å². The zero-order chi connectivity index (χ0) is 14.0. The third-order valence-electron chi connectivity index (χ3n) is 2.30. The van der Waals surface area contributed by atoms with Crippen LogP contribution in [0.4, 0.5) is 0 Å². The maximum atomic E-state index is 12.1. The fourth-order valence-electron chi connectivity index (χ4n) is 1.37. The predicted molar refractivity (Wildman–Crippen MR) is 82.5 cm³/mol. The zero-order valence-electron chi connectivity index (χ0n) is 9.36. The summed E-state index contributed by atoms with van der Waals surface area (Å²) in [5.74, 6) is 0. The summed E-state index contributed by atoms with van der Waals surface area (Å²) < 4.78 is 27.7. The van der Waals surface area contributed by atoms with Crippen LogP contribution in [0, 0.1) is 0 Å². The second-order valence-corrected chi connectivity index (χ2v) is 8.03. The van der Waals surface area contributed by atoms with Crippen molar-refractivity contribution in [2.24, 2.45) is 0 Å². The number of benzene rings is 1. The van der Waals surface area contributed by atoms with Gasteiger partial charge in [0.25, 0.3) is 0 Å². The molecule has 2 rings (SSSR count). The zero-order valence-corrected chi connectivity index (χ0v) is 14.1. The second-order valence-electron chi connectivity index (χ2n) is 3.59. The van der Waals surface area contributed by atoms with E-state index in [4.69, 9.17) is 23.2 Å². The number of sulfonamides is 1. The van der Waals surface area contributed by atoms with Crippen LogP contribution in [-0.2, 0) is 16.6 Å². The topological polar surface area (TPSA) is 46.2 Å². The molecule has 8 heteroatoms. The fourth-order valence-corrected chi connectivity index (χ4v) is 4.65. The molecule has 0 saturated carbocycles. The molecule has 0 aliphatic rings.